The van der Waals surface area contributed by atoms with Crippen LogP contribution in [0.25, 0.3) is 0 Å². The normalized spacial score (nSPS) is 21.5. The van der Waals surface area contributed by atoms with E-state index in [4.69, 9.17) is 34.8 Å². The van der Waals surface area contributed by atoms with E-state index in [2.05, 4.69) is 0 Å². The van der Waals surface area contributed by atoms with Crippen LogP contribution < -0.4 is 0 Å². The minimum absolute atomic E-state index is 0.139. The van der Waals surface area contributed by atoms with E-state index in [0.717, 1.165) is 12.8 Å². The maximum absolute atomic E-state index is 12.5. The second kappa shape index (κ2) is 6.19. The topological polar surface area (TPSA) is 37.4 Å². The lowest BCUT2D eigenvalue weighted by Gasteiger charge is -2.31. The number of piperidine rings is 1. The van der Waals surface area contributed by atoms with Gasteiger partial charge in [-0.25, -0.2) is 8.42 Å². The first kappa shape index (κ1) is 15.4. The molecular weight excluding hydrogens is 329 g/mol. The summed E-state index contributed by atoms with van der Waals surface area (Å²) in [6, 6.07) is 4.36. The van der Waals surface area contributed by atoms with E-state index in [-0.39, 0.29) is 10.8 Å². The second-order valence-corrected chi connectivity index (χ2v) is 7.75. The molecule has 0 radical (unpaired) electrons. The van der Waals surface area contributed by atoms with Crippen LogP contribution in [0.15, 0.2) is 23.1 Å². The molecular formula is C12H14Cl3NO2S. The van der Waals surface area contributed by atoms with Crippen molar-refractivity contribution >= 4 is 44.8 Å². The molecule has 0 spiro atoms. The van der Waals surface area contributed by atoms with Gasteiger partial charge in [0, 0.05) is 29.0 Å². The van der Waals surface area contributed by atoms with Crippen LogP contribution in [0.3, 0.4) is 0 Å². The molecule has 0 N–H and O–H groups in total. The van der Waals surface area contributed by atoms with Crippen LogP contribution >= 0.6 is 34.8 Å². The number of rotatable bonds is 3. The van der Waals surface area contributed by atoms with Gasteiger partial charge in [0.2, 0.25) is 10.0 Å². The zero-order chi connectivity index (χ0) is 14.0. The van der Waals surface area contributed by atoms with Gasteiger partial charge in [-0.2, -0.15) is 4.31 Å². The Morgan fingerprint density at radius 3 is 2.42 bits per heavy atom. The largest absolute Gasteiger partial charge is 0.243 e. The molecule has 0 bridgehead atoms. The third kappa shape index (κ3) is 3.56. The SMILES string of the molecule is O=S(=O)(c1cc(Cl)cc(Cl)c1)N1CCCC(CCl)C1. The van der Waals surface area contributed by atoms with Gasteiger partial charge in [-0.3, -0.25) is 0 Å². The van der Waals surface area contributed by atoms with Crippen LogP contribution in [-0.4, -0.2) is 31.7 Å². The third-order valence-electron chi connectivity index (χ3n) is 3.17. The Hall–Kier alpha value is -0.000000000000000111. The fourth-order valence-corrected chi connectivity index (χ4v) is 4.73. The number of alkyl halides is 1. The van der Waals surface area contributed by atoms with Gasteiger partial charge >= 0.3 is 0 Å². The molecule has 19 heavy (non-hydrogen) atoms. The summed E-state index contributed by atoms with van der Waals surface area (Å²) in [7, 11) is -3.54. The van der Waals surface area contributed by atoms with E-state index in [9.17, 15) is 8.42 Å². The Balaban J connectivity index is 2.31. The molecule has 2 rings (SSSR count). The van der Waals surface area contributed by atoms with Crippen LogP contribution in [0.2, 0.25) is 10.0 Å². The van der Waals surface area contributed by atoms with E-state index in [1.54, 1.807) is 0 Å². The van der Waals surface area contributed by atoms with Crippen LogP contribution in [0, 0.1) is 5.92 Å². The average Bonchev–Trinajstić information content (AvgIpc) is 2.37. The van der Waals surface area contributed by atoms with Crippen LogP contribution in [0.5, 0.6) is 0 Å². The molecule has 1 atom stereocenters. The fourth-order valence-electron chi connectivity index (χ4n) is 2.20. The summed E-state index contributed by atoms with van der Waals surface area (Å²) < 4.78 is 26.5. The molecule has 1 fully saturated rings. The molecule has 1 saturated heterocycles. The lowest BCUT2D eigenvalue weighted by atomic mass is 10.0. The molecule has 0 amide bonds. The minimum atomic E-state index is -3.54. The summed E-state index contributed by atoms with van der Waals surface area (Å²) in [6.07, 6.45) is 1.79. The number of halogens is 3. The molecule has 1 heterocycles. The highest BCUT2D eigenvalue weighted by Gasteiger charge is 2.30. The maximum Gasteiger partial charge on any atom is 0.243 e. The molecule has 1 unspecified atom stereocenters. The summed E-state index contributed by atoms with van der Waals surface area (Å²) in [4.78, 5) is 0.139. The van der Waals surface area contributed by atoms with Crippen molar-refractivity contribution in [2.24, 2.45) is 5.92 Å². The first-order valence-corrected chi connectivity index (χ1v) is 8.69. The van der Waals surface area contributed by atoms with E-state index in [1.807, 2.05) is 0 Å². The summed E-state index contributed by atoms with van der Waals surface area (Å²) in [5.74, 6) is 0.683. The van der Waals surface area contributed by atoms with Gasteiger partial charge in [0.05, 0.1) is 4.90 Å². The molecule has 0 saturated carbocycles. The Labute approximate surface area is 128 Å². The summed E-state index contributed by atoms with van der Waals surface area (Å²) in [5.41, 5.74) is 0. The van der Waals surface area contributed by atoms with Crippen molar-refractivity contribution in [1.29, 1.82) is 0 Å². The summed E-state index contributed by atoms with van der Waals surface area (Å²) in [6.45, 7) is 0.968. The zero-order valence-electron chi connectivity index (χ0n) is 10.2. The fraction of sp³-hybridized carbons (Fsp3) is 0.500. The number of benzene rings is 1. The quantitative estimate of drug-likeness (QED) is 0.787. The van der Waals surface area contributed by atoms with E-state index in [0.29, 0.717) is 29.0 Å². The molecule has 0 aromatic heterocycles. The number of hydrogen-bond donors (Lipinski definition) is 0. The maximum atomic E-state index is 12.5. The highest BCUT2D eigenvalue weighted by Crippen LogP contribution is 2.28. The van der Waals surface area contributed by atoms with E-state index < -0.39 is 10.0 Å². The van der Waals surface area contributed by atoms with Crippen LogP contribution in [0.4, 0.5) is 0 Å². The van der Waals surface area contributed by atoms with Crippen molar-refractivity contribution < 1.29 is 8.42 Å². The lowest BCUT2D eigenvalue weighted by molar-refractivity contribution is 0.283. The lowest BCUT2D eigenvalue weighted by Crippen LogP contribution is -2.40. The minimum Gasteiger partial charge on any atom is -0.207 e. The summed E-state index contributed by atoms with van der Waals surface area (Å²) >= 11 is 17.6. The zero-order valence-corrected chi connectivity index (χ0v) is 13.2. The van der Waals surface area contributed by atoms with Gasteiger partial charge in [-0.15, -0.1) is 11.6 Å². The van der Waals surface area contributed by atoms with Gasteiger partial charge in [0.15, 0.2) is 0 Å². The molecule has 3 nitrogen and oxygen atoms in total. The van der Waals surface area contributed by atoms with Crippen LogP contribution in [0.1, 0.15) is 12.8 Å². The predicted molar refractivity (Wildman–Crippen MR) is 78.7 cm³/mol. The third-order valence-corrected chi connectivity index (χ3v) is 5.89. The molecule has 1 aromatic rings. The van der Waals surface area contributed by atoms with Crippen molar-refractivity contribution in [2.75, 3.05) is 19.0 Å². The van der Waals surface area contributed by atoms with Gasteiger partial charge < -0.3 is 0 Å². The van der Waals surface area contributed by atoms with Crippen molar-refractivity contribution in [3.05, 3.63) is 28.2 Å². The monoisotopic (exact) mass is 341 g/mol. The molecule has 1 aromatic carbocycles. The average molecular weight is 343 g/mol. The Morgan fingerprint density at radius 2 is 1.84 bits per heavy atom. The number of hydrogen-bond acceptors (Lipinski definition) is 2. The van der Waals surface area contributed by atoms with Crippen molar-refractivity contribution in [1.82, 2.24) is 4.31 Å². The molecule has 7 heteroatoms. The second-order valence-electron chi connectivity index (χ2n) is 4.63. The smallest absolute Gasteiger partial charge is 0.207 e. The molecule has 0 aliphatic carbocycles. The Kier molecular flexibility index (Phi) is 5.01. The first-order valence-electron chi connectivity index (χ1n) is 5.95. The van der Waals surface area contributed by atoms with E-state index >= 15 is 0 Å². The van der Waals surface area contributed by atoms with Gasteiger partial charge in [-0.1, -0.05) is 23.2 Å². The highest BCUT2D eigenvalue weighted by atomic mass is 35.5. The molecule has 1 aliphatic rings. The predicted octanol–water partition coefficient (Wildman–Crippen LogP) is 3.63. The first-order chi connectivity index (χ1) is 8.93. The number of nitrogens with zero attached hydrogens (tertiary/aromatic N) is 1. The highest BCUT2D eigenvalue weighted by molar-refractivity contribution is 7.89. The van der Waals surface area contributed by atoms with Gasteiger partial charge in [0.1, 0.15) is 0 Å². The Bertz CT molecular complexity index is 542. The van der Waals surface area contributed by atoms with Gasteiger partial charge in [-0.05, 0) is 37.0 Å². The number of sulfonamides is 1. The summed E-state index contributed by atoms with van der Waals surface area (Å²) in [5, 5.41) is 0.633. The van der Waals surface area contributed by atoms with Crippen molar-refractivity contribution in [3.8, 4) is 0 Å². The Morgan fingerprint density at radius 1 is 1.21 bits per heavy atom. The molecule has 1 aliphatic heterocycles. The van der Waals surface area contributed by atoms with Crippen LogP contribution in [-0.2, 0) is 10.0 Å². The molecule has 106 valence electrons. The standard InChI is InChI=1S/C12H14Cl3NO2S/c13-7-9-2-1-3-16(8-9)19(17,18)12-5-10(14)4-11(15)6-12/h4-6,9H,1-3,7-8H2. The van der Waals surface area contributed by atoms with Gasteiger partial charge in [0.25, 0.3) is 0 Å². The van der Waals surface area contributed by atoms with Crippen molar-refractivity contribution in [2.45, 2.75) is 17.7 Å². The van der Waals surface area contributed by atoms with Crippen molar-refractivity contribution in [3.63, 3.8) is 0 Å². The van der Waals surface area contributed by atoms with E-state index in [1.165, 1.54) is 22.5 Å².